The lowest BCUT2D eigenvalue weighted by Crippen LogP contribution is -2.70. The maximum atomic E-state index is 13.0. The lowest BCUT2D eigenvalue weighted by Gasteiger charge is -2.35. The van der Waals surface area contributed by atoms with Crippen LogP contribution in [0.1, 0.15) is 17.3 Å². The highest BCUT2D eigenvalue weighted by Gasteiger charge is 2.35. The fourth-order valence-electron chi connectivity index (χ4n) is 2.52. The molecule has 0 aliphatic carbocycles. The highest BCUT2D eigenvalue weighted by molar-refractivity contribution is 8.01. The Morgan fingerprint density at radius 1 is 1.29 bits per heavy atom. The zero-order chi connectivity index (χ0) is 22.4. The molecule has 1 aliphatic heterocycles. The molecule has 14 heteroatoms. The van der Waals surface area contributed by atoms with Gasteiger partial charge in [0.1, 0.15) is 17.4 Å². The van der Waals surface area contributed by atoms with E-state index in [4.69, 9.17) is 5.73 Å². The number of hydrogen-bond acceptors (Lipinski definition) is 10. The van der Waals surface area contributed by atoms with Crippen LogP contribution in [0.3, 0.4) is 0 Å². The molecule has 166 valence electrons. The number of amides is 3. The van der Waals surface area contributed by atoms with Gasteiger partial charge in [-0.1, -0.05) is 30.0 Å². The molecule has 1 fully saturated rings. The van der Waals surface area contributed by atoms with Crippen LogP contribution >= 0.6 is 34.9 Å². The summed E-state index contributed by atoms with van der Waals surface area (Å²) in [6, 6.07) is 3.89. The Hall–Kier alpha value is -2.26. The average molecular weight is 486 g/mol. The molecule has 3 unspecified atom stereocenters. The van der Waals surface area contributed by atoms with Gasteiger partial charge in [0.15, 0.2) is 4.34 Å². The first kappa shape index (κ1) is 23.4. The van der Waals surface area contributed by atoms with Gasteiger partial charge >= 0.3 is 0 Å². The topological polar surface area (TPSA) is 151 Å². The maximum Gasteiger partial charge on any atom is 0.252 e. The van der Waals surface area contributed by atoms with Gasteiger partial charge in [-0.15, -0.1) is 22.0 Å². The highest BCUT2D eigenvalue weighted by atomic mass is 32.2. The van der Waals surface area contributed by atoms with Crippen molar-refractivity contribution in [1.82, 2.24) is 26.1 Å². The molecule has 3 atom stereocenters. The zero-order valence-electron chi connectivity index (χ0n) is 16.3. The number of nitrogens with one attached hydrogen (secondary N) is 4. The van der Waals surface area contributed by atoms with Crippen LogP contribution in [-0.2, 0) is 9.59 Å². The van der Waals surface area contributed by atoms with Crippen molar-refractivity contribution in [3.8, 4) is 0 Å². The molecule has 3 rings (SSSR count). The number of nitrogens with zero attached hydrogens (tertiary/aromatic N) is 2. The normalized spacial score (nSPS) is 20.7. The van der Waals surface area contributed by atoms with E-state index in [1.807, 2.05) is 6.92 Å². The number of carbonyl (C=O) groups excluding carboxylic acids is 3. The minimum absolute atomic E-state index is 0.0348. The van der Waals surface area contributed by atoms with E-state index >= 15 is 0 Å². The van der Waals surface area contributed by atoms with Gasteiger partial charge in [-0.2, -0.15) is 0 Å². The molecule has 1 aromatic carbocycles. The first-order valence-corrected chi connectivity index (χ1v) is 12.0. The molecule has 10 nitrogen and oxygen atoms in total. The van der Waals surface area contributed by atoms with Crippen molar-refractivity contribution in [2.45, 2.75) is 29.0 Å². The summed E-state index contributed by atoms with van der Waals surface area (Å²) in [5.74, 6) is -0.929. The summed E-state index contributed by atoms with van der Waals surface area (Å²) in [6.07, 6.45) is -0.879. The lowest BCUT2D eigenvalue weighted by atomic mass is 10.1. The van der Waals surface area contributed by atoms with Crippen molar-refractivity contribution in [2.75, 3.05) is 16.8 Å². The number of thioether (sulfide) groups is 2. The molecule has 1 aromatic heterocycles. The number of benzene rings is 1. The second kappa shape index (κ2) is 10.9. The van der Waals surface area contributed by atoms with Gasteiger partial charge in [-0.3, -0.25) is 25.0 Å². The summed E-state index contributed by atoms with van der Waals surface area (Å²) in [5.41, 5.74) is 5.57. The van der Waals surface area contributed by atoms with Crippen LogP contribution in [0.2, 0.25) is 0 Å². The Labute approximate surface area is 189 Å². The van der Waals surface area contributed by atoms with E-state index in [1.54, 1.807) is 0 Å². The molecule has 2 heterocycles. The molecular formula is C17H20FN7O3S3. The molecule has 0 saturated carbocycles. The number of aromatic nitrogens is 2. The molecule has 0 radical (unpaired) electrons. The molecule has 31 heavy (non-hydrogen) atoms. The average Bonchev–Trinajstić information content (AvgIpc) is 3.16. The third-order valence-corrected chi connectivity index (χ3v) is 6.82. The number of hydrogen-bond donors (Lipinski definition) is 5. The Balaban J connectivity index is 1.46. The van der Waals surface area contributed by atoms with E-state index in [-0.39, 0.29) is 17.2 Å². The van der Waals surface area contributed by atoms with E-state index in [0.29, 0.717) is 5.13 Å². The molecule has 0 spiro atoms. The first-order chi connectivity index (χ1) is 14.9. The van der Waals surface area contributed by atoms with Gasteiger partial charge in [0.25, 0.3) is 5.91 Å². The second-order valence-electron chi connectivity index (χ2n) is 6.20. The molecule has 3 amide bonds. The fourth-order valence-corrected chi connectivity index (χ4v) is 5.03. The Bertz CT molecular complexity index is 943. The quantitative estimate of drug-likeness (QED) is 0.267. The van der Waals surface area contributed by atoms with Gasteiger partial charge in [0.2, 0.25) is 16.9 Å². The van der Waals surface area contributed by atoms with Crippen LogP contribution in [-0.4, -0.2) is 57.1 Å². The highest BCUT2D eigenvalue weighted by Crippen LogP contribution is 2.25. The van der Waals surface area contributed by atoms with Gasteiger partial charge < -0.3 is 16.4 Å². The van der Waals surface area contributed by atoms with Gasteiger partial charge in [0.05, 0.1) is 11.9 Å². The number of anilines is 1. The number of rotatable bonds is 8. The summed E-state index contributed by atoms with van der Waals surface area (Å²) >= 11 is 3.95. The predicted molar refractivity (Wildman–Crippen MR) is 118 cm³/mol. The summed E-state index contributed by atoms with van der Waals surface area (Å²) in [6.45, 7) is 2.00. The molecule has 2 aromatic rings. The van der Waals surface area contributed by atoms with Crippen LogP contribution < -0.4 is 27.0 Å². The molecule has 1 saturated heterocycles. The summed E-state index contributed by atoms with van der Waals surface area (Å²) in [5, 5.41) is 19.0. The van der Waals surface area contributed by atoms with Crippen LogP contribution in [0.5, 0.6) is 0 Å². The van der Waals surface area contributed by atoms with E-state index < -0.39 is 35.3 Å². The Morgan fingerprint density at radius 3 is 2.71 bits per heavy atom. The van der Waals surface area contributed by atoms with Crippen LogP contribution in [0.25, 0.3) is 0 Å². The Morgan fingerprint density at radius 2 is 2.03 bits per heavy atom. The van der Waals surface area contributed by atoms with Gasteiger partial charge in [-0.05, 0) is 30.0 Å². The van der Waals surface area contributed by atoms with Crippen molar-refractivity contribution >= 4 is 57.7 Å². The predicted octanol–water partition coefficient (Wildman–Crippen LogP) is 0.547. The number of nitrogens with two attached hydrogens (primary N) is 1. The van der Waals surface area contributed by atoms with Crippen molar-refractivity contribution in [1.29, 1.82) is 0 Å². The van der Waals surface area contributed by atoms with Crippen molar-refractivity contribution in [3.05, 3.63) is 35.6 Å². The standard InChI is InChI=1S/C17H20FN7O3S3/c1-2-29-17-25-24-16(31-17)20-10(26)7-30-15-22-12(19)11(14(28)23-15)21-13(27)8-3-5-9(18)6-4-8/h3-6,11-12,15,22H,2,7,19H2,1H3,(H,21,27)(H,23,28)(H,20,24,26). The van der Waals surface area contributed by atoms with Gasteiger partial charge in [0, 0.05) is 5.56 Å². The number of halogens is 1. The molecule has 0 bridgehead atoms. The van der Waals surface area contributed by atoms with E-state index in [0.717, 1.165) is 34.0 Å². The van der Waals surface area contributed by atoms with Crippen molar-refractivity contribution in [2.24, 2.45) is 5.73 Å². The van der Waals surface area contributed by atoms with Crippen LogP contribution in [0.4, 0.5) is 9.52 Å². The minimum atomic E-state index is -1.03. The van der Waals surface area contributed by atoms with Crippen molar-refractivity contribution < 1.29 is 18.8 Å². The summed E-state index contributed by atoms with van der Waals surface area (Å²) in [4.78, 5) is 36.8. The summed E-state index contributed by atoms with van der Waals surface area (Å²) < 4.78 is 13.8. The first-order valence-electron chi connectivity index (χ1n) is 9.12. The fraction of sp³-hybridized carbons (Fsp3) is 0.353. The zero-order valence-corrected chi connectivity index (χ0v) is 18.7. The molecule has 6 N–H and O–H groups in total. The Kier molecular flexibility index (Phi) is 8.20. The monoisotopic (exact) mass is 485 g/mol. The lowest BCUT2D eigenvalue weighted by molar-refractivity contribution is -0.125. The summed E-state index contributed by atoms with van der Waals surface area (Å²) in [7, 11) is 0. The second-order valence-corrected chi connectivity index (χ2v) is 9.79. The SMILES string of the molecule is CCSc1nnc(NC(=O)CSC2NC(=O)C(NC(=O)c3ccc(F)cc3)C(N)N2)s1. The maximum absolute atomic E-state index is 13.0. The van der Waals surface area contributed by atoms with Gasteiger partial charge in [-0.25, -0.2) is 4.39 Å². The third kappa shape index (κ3) is 6.61. The molecular weight excluding hydrogens is 465 g/mol. The third-order valence-electron chi connectivity index (χ3n) is 3.95. The molecule has 1 aliphatic rings. The van der Waals surface area contributed by atoms with Crippen LogP contribution in [0.15, 0.2) is 28.6 Å². The number of carbonyl (C=O) groups is 3. The smallest absolute Gasteiger partial charge is 0.252 e. The van der Waals surface area contributed by atoms with E-state index in [9.17, 15) is 18.8 Å². The van der Waals surface area contributed by atoms with E-state index in [1.165, 1.54) is 35.2 Å². The van der Waals surface area contributed by atoms with E-state index in [2.05, 4.69) is 31.5 Å². The minimum Gasteiger partial charge on any atom is -0.338 e. The van der Waals surface area contributed by atoms with Crippen LogP contribution in [0, 0.1) is 5.82 Å². The largest absolute Gasteiger partial charge is 0.338 e. The van der Waals surface area contributed by atoms with Crippen molar-refractivity contribution in [3.63, 3.8) is 0 Å².